The summed E-state index contributed by atoms with van der Waals surface area (Å²) in [6.45, 7) is 0. The van der Waals surface area contributed by atoms with Crippen LogP contribution in [-0.4, -0.2) is 24.6 Å². The summed E-state index contributed by atoms with van der Waals surface area (Å²) in [5.41, 5.74) is 1.78. The van der Waals surface area contributed by atoms with E-state index in [0.717, 1.165) is 17.0 Å². The van der Waals surface area contributed by atoms with Gasteiger partial charge in [0.15, 0.2) is 0 Å². The summed E-state index contributed by atoms with van der Waals surface area (Å²) in [7, 11) is 2.07. The molecule has 0 spiro atoms. The number of halogens is 2. The van der Waals surface area contributed by atoms with E-state index >= 15 is 0 Å². The Morgan fingerprint density at radius 1 is 1.56 bits per heavy atom. The summed E-state index contributed by atoms with van der Waals surface area (Å²) in [4.78, 5) is 2.22. The maximum atomic E-state index is 13.6. The largest absolute Gasteiger partial charge is 0.370 e. The Bertz CT molecular complexity index is 366. The lowest BCUT2D eigenvalue weighted by atomic mass is 10.1. The van der Waals surface area contributed by atoms with Gasteiger partial charge in [-0.15, -0.1) is 0 Å². The number of thioether (sulfide) groups is 1. The van der Waals surface area contributed by atoms with E-state index in [2.05, 4.69) is 27.9 Å². The molecule has 2 rings (SSSR count). The van der Waals surface area contributed by atoms with Crippen LogP contribution < -0.4 is 4.90 Å². The molecule has 1 fully saturated rings. The molecule has 0 N–H and O–H groups in total. The summed E-state index contributed by atoms with van der Waals surface area (Å²) < 4.78 is 13.6. The maximum absolute atomic E-state index is 13.6. The molecule has 88 valence electrons. The second-order valence-corrected chi connectivity index (χ2v) is 5.71. The van der Waals surface area contributed by atoms with Crippen LogP contribution in [0.1, 0.15) is 12.0 Å². The van der Waals surface area contributed by atoms with Crippen LogP contribution in [0.15, 0.2) is 18.2 Å². The number of hydrogen-bond donors (Lipinski definition) is 0. The van der Waals surface area contributed by atoms with Gasteiger partial charge in [0, 0.05) is 35.4 Å². The molecule has 1 heterocycles. The molecule has 0 bridgehead atoms. The average Bonchev–Trinajstić information content (AvgIpc) is 2.81. The molecular formula is C12H15BrFNS. The van der Waals surface area contributed by atoms with Crippen LogP contribution in [0.3, 0.4) is 0 Å². The molecule has 1 nitrogen and oxygen atoms in total. The van der Waals surface area contributed by atoms with E-state index in [1.165, 1.54) is 18.2 Å². The average molecular weight is 304 g/mol. The van der Waals surface area contributed by atoms with E-state index in [0.29, 0.717) is 11.4 Å². The Labute approximate surface area is 109 Å². The summed E-state index contributed by atoms with van der Waals surface area (Å²) in [6.07, 6.45) is 1.19. The fraction of sp³-hybridized carbons (Fsp3) is 0.500. The van der Waals surface area contributed by atoms with Crippen LogP contribution in [0.4, 0.5) is 10.1 Å². The molecule has 1 atom stereocenters. The van der Waals surface area contributed by atoms with Crippen LogP contribution >= 0.6 is 27.7 Å². The first-order chi connectivity index (χ1) is 7.74. The maximum Gasteiger partial charge on any atom is 0.129 e. The predicted octanol–water partition coefficient (Wildman–Crippen LogP) is 3.66. The van der Waals surface area contributed by atoms with Gasteiger partial charge in [-0.25, -0.2) is 4.39 Å². The Kier molecular flexibility index (Phi) is 4.14. The first-order valence-electron chi connectivity index (χ1n) is 5.38. The molecule has 0 saturated carbocycles. The predicted molar refractivity (Wildman–Crippen MR) is 73.2 cm³/mol. The van der Waals surface area contributed by atoms with Crippen LogP contribution in [0.5, 0.6) is 0 Å². The van der Waals surface area contributed by atoms with E-state index in [9.17, 15) is 4.39 Å². The normalized spacial score (nSPS) is 20.1. The van der Waals surface area contributed by atoms with Gasteiger partial charge in [-0.3, -0.25) is 0 Å². The highest BCUT2D eigenvalue weighted by Crippen LogP contribution is 2.30. The summed E-state index contributed by atoms with van der Waals surface area (Å²) in [5.74, 6) is 2.25. The van der Waals surface area contributed by atoms with Gasteiger partial charge >= 0.3 is 0 Å². The highest BCUT2D eigenvalue weighted by Gasteiger charge is 2.22. The first kappa shape index (κ1) is 12.2. The monoisotopic (exact) mass is 303 g/mol. The van der Waals surface area contributed by atoms with Crippen LogP contribution in [0.25, 0.3) is 0 Å². The van der Waals surface area contributed by atoms with E-state index in [1.54, 1.807) is 6.07 Å². The molecule has 1 saturated heterocycles. The highest BCUT2D eigenvalue weighted by atomic mass is 79.9. The molecule has 0 aliphatic carbocycles. The van der Waals surface area contributed by atoms with Crippen LogP contribution in [-0.2, 0) is 5.33 Å². The fourth-order valence-corrected chi connectivity index (χ4v) is 3.86. The van der Waals surface area contributed by atoms with Gasteiger partial charge < -0.3 is 4.90 Å². The summed E-state index contributed by atoms with van der Waals surface area (Å²) >= 11 is 5.34. The molecule has 16 heavy (non-hydrogen) atoms. The van der Waals surface area contributed by atoms with Crippen LogP contribution in [0, 0.1) is 5.82 Å². The summed E-state index contributed by atoms with van der Waals surface area (Å²) in [6, 6.07) is 5.86. The third-order valence-electron chi connectivity index (χ3n) is 3.06. The van der Waals surface area contributed by atoms with Crippen molar-refractivity contribution in [1.82, 2.24) is 0 Å². The number of rotatable bonds is 3. The zero-order valence-electron chi connectivity index (χ0n) is 9.25. The topological polar surface area (TPSA) is 3.24 Å². The number of hydrogen-bond acceptors (Lipinski definition) is 2. The van der Waals surface area contributed by atoms with E-state index < -0.39 is 0 Å². The lowest BCUT2D eigenvalue weighted by Crippen LogP contribution is -2.32. The minimum Gasteiger partial charge on any atom is -0.370 e. The molecule has 0 radical (unpaired) electrons. The molecule has 0 aromatic heterocycles. The smallest absolute Gasteiger partial charge is 0.129 e. The third-order valence-corrected chi connectivity index (χ3v) is 4.77. The number of nitrogens with zero attached hydrogens (tertiary/aromatic N) is 1. The van der Waals surface area contributed by atoms with Crippen molar-refractivity contribution in [2.24, 2.45) is 0 Å². The standard InChI is InChI=1S/C12H15BrFNS/c1-15(9-5-6-16-8-9)12-4-2-3-11(14)10(12)7-13/h2-4,9H,5-8H2,1H3. The molecule has 4 heteroatoms. The Morgan fingerprint density at radius 2 is 2.38 bits per heavy atom. The fourth-order valence-electron chi connectivity index (χ4n) is 2.03. The molecule has 1 aliphatic rings. The minimum atomic E-state index is -0.119. The number of benzene rings is 1. The zero-order valence-corrected chi connectivity index (χ0v) is 11.7. The van der Waals surface area contributed by atoms with Gasteiger partial charge in [-0.05, 0) is 24.3 Å². The minimum absolute atomic E-state index is 0.119. The third kappa shape index (κ3) is 2.38. The molecular weight excluding hydrogens is 289 g/mol. The van der Waals surface area contributed by atoms with Crippen molar-refractivity contribution in [3.8, 4) is 0 Å². The van der Waals surface area contributed by atoms with Crippen molar-refractivity contribution in [2.45, 2.75) is 17.8 Å². The van der Waals surface area contributed by atoms with E-state index in [1.807, 2.05) is 17.8 Å². The molecule has 1 unspecified atom stereocenters. The lowest BCUT2D eigenvalue weighted by molar-refractivity contribution is 0.613. The van der Waals surface area contributed by atoms with Crippen LogP contribution in [0.2, 0.25) is 0 Å². The molecule has 1 aromatic carbocycles. The van der Waals surface area contributed by atoms with Gasteiger partial charge in [-0.2, -0.15) is 11.8 Å². The van der Waals surface area contributed by atoms with Crippen molar-refractivity contribution >= 4 is 33.4 Å². The number of anilines is 1. The SMILES string of the molecule is CN(c1cccc(F)c1CBr)C1CCSC1. The van der Waals surface area contributed by atoms with Gasteiger partial charge in [0.2, 0.25) is 0 Å². The van der Waals surface area contributed by atoms with Crippen molar-refractivity contribution in [1.29, 1.82) is 0 Å². The number of alkyl halides is 1. The van der Waals surface area contributed by atoms with Crippen molar-refractivity contribution in [2.75, 3.05) is 23.5 Å². The second-order valence-electron chi connectivity index (χ2n) is 4.00. The molecule has 0 amide bonds. The van der Waals surface area contributed by atoms with Gasteiger partial charge in [-0.1, -0.05) is 22.0 Å². The lowest BCUT2D eigenvalue weighted by Gasteiger charge is -2.28. The van der Waals surface area contributed by atoms with E-state index in [4.69, 9.17) is 0 Å². The quantitative estimate of drug-likeness (QED) is 0.784. The van der Waals surface area contributed by atoms with Gasteiger partial charge in [0.05, 0.1) is 0 Å². The van der Waals surface area contributed by atoms with Gasteiger partial charge in [0.25, 0.3) is 0 Å². The Balaban J connectivity index is 2.27. The summed E-state index contributed by atoms with van der Waals surface area (Å²) in [5, 5.41) is 0.569. The highest BCUT2D eigenvalue weighted by molar-refractivity contribution is 9.08. The Morgan fingerprint density at radius 3 is 3.00 bits per heavy atom. The zero-order chi connectivity index (χ0) is 11.5. The van der Waals surface area contributed by atoms with Gasteiger partial charge in [0.1, 0.15) is 5.82 Å². The molecule has 1 aliphatic heterocycles. The second kappa shape index (κ2) is 5.41. The molecule has 1 aromatic rings. The van der Waals surface area contributed by atoms with E-state index in [-0.39, 0.29) is 5.82 Å². The Hall–Kier alpha value is -0.220. The van der Waals surface area contributed by atoms with Crippen molar-refractivity contribution in [3.05, 3.63) is 29.6 Å². The van der Waals surface area contributed by atoms with Crippen molar-refractivity contribution < 1.29 is 4.39 Å². The first-order valence-corrected chi connectivity index (χ1v) is 7.65. The van der Waals surface area contributed by atoms with Crippen molar-refractivity contribution in [3.63, 3.8) is 0 Å².